The summed E-state index contributed by atoms with van der Waals surface area (Å²) in [5.74, 6) is 1.47. The fourth-order valence-corrected chi connectivity index (χ4v) is 1.57. The summed E-state index contributed by atoms with van der Waals surface area (Å²) in [5.41, 5.74) is 0. The Labute approximate surface area is 70.8 Å². The lowest BCUT2D eigenvalue weighted by atomic mass is 9.85. The molecule has 0 amide bonds. The van der Waals surface area contributed by atoms with Crippen LogP contribution in [0.4, 0.5) is 0 Å². The summed E-state index contributed by atoms with van der Waals surface area (Å²) in [4.78, 5) is 0. The maximum Gasteiger partial charge on any atom is 0.0514 e. The zero-order valence-corrected chi connectivity index (χ0v) is 8.30. The Kier molecular flexibility index (Phi) is 5.57. The molecule has 0 bridgehead atoms. The average molecular weight is 158 g/mol. The standard InChI is InChI=1S/C10H22O/c1-5-8(3)10(6-2)7-9(4)11/h8-11H,5-7H2,1-4H3. The van der Waals surface area contributed by atoms with E-state index in [0.717, 1.165) is 12.3 Å². The van der Waals surface area contributed by atoms with Crippen LogP contribution in [-0.2, 0) is 0 Å². The van der Waals surface area contributed by atoms with Crippen molar-refractivity contribution in [3.05, 3.63) is 0 Å². The van der Waals surface area contributed by atoms with Gasteiger partial charge in [-0.2, -0.15) is 0 Å². The van der Waals surface area contributed by atoms with Crippen LogP contribution in [0.3, 0.4) is 0 Å². The highest BCUT2D eigenvalue weighted by molar-refractivity contribution is 4.66. The van der Waals surface area contributed by atoms with Crippen LogP contribution in [0, 0.1) is 11.8 Å². The molecule has 11 heavy (non-hydrogen) atoms. The fraction of sp³-hybridized carbons (Fsp3) is 1.00. The average Bonchev–Trinajstić information content (AvgIpc) is 1.98. The van der Waals surface area contributed by atoms with Gasteiger partial charge in [0.2, 0.25) is 0 Å². The molecule has 68 valence electrons. The van der Waals surface area contributed by atoms with Crippen LogP contribution in [0.15, 0.2) is 0 Å². The smallest absolute Gasteiger partial charge is 0.0514 e. The topological polar surface area (TPSA) is 20.2 Å². The zero-order chi connectivity index (χ0) is 8.85. The Bertz CT molecular complexity index is 88.9. The largest absolute Gasteiger partial charge is 0.393 e. The predicted octanol–water partition coefficient (Wildman–Crippen LogP) is 2.83. The third kappa shape index (κ3) is 4.41. The molecule has 0 rings (SSSR count). The lowest BCUT2D eigenvalue weighted by Gasteiger charge is -2.22. The van der Waals surface area contributed by atoms with Crippen LogP contribution < -0.4 is 0 Å². The van der Waals surface area contributed by atoms with Crippen molar-refractivity contribution in [2.75, 3.05) is 0 Å². The van der Waals surface area contributed by atoms with Crippen LogP contribution in [0.5, 0.6) is 0 Å². The van der Waals surface area contributed by atoms with Gasteiger partial charge in [-0.25, -0.2) is 0 Å². The molecule has 0 aliphatic heterocycles. The summed E-state index contributed by atoms with van der Waals surface area (Å²) >= 11 is 0. The summed E-state index contributed by atoms with van der Waals surface area (Å²) < 4.78 is 0. The minimum absolute atomic E-state index is 0.131. The molecule has 0 fully saturated rings. The first kappa shape index (κ1) is 11.0. The third-order valence-electron chi connectivity index (χ3n) is 2.62. The molecule has 3 atom stereocenters. The van der Waals surface area contributed by atoms with Crippen LogP contribution in [-0.4, -0.2) is 11.2 Å². The first-order chi connectivity index (χ1) is 5.11. The number of aliphatic hydroxyl groups excluding tert-OH is 1. The molecule has 0 aromatic rings. The lowest BCUT2D eigenvalue weighted by molar-refractivity contribution is 0.139. The van der Waals surface area contributed by atoms with Gasteiger partial charge in [-0.15, -0.1) is 0 Å². The van der Waals surface area contributed by atoms with Gasteiger partial charge in [0.1, 0.15) is 0 Å². The van der Waals surface area contributed by atoms with E-state index in [0.29, 0.717) is 5.92 Å². The van der Waals surface area contributed by atoms with E-state index in [-0.39, 0.29) is 6.10 Å². The highest BCUT2D eigenvalue weighted by Gasteiger charge is 2.15. The monoisotopic (exact) mass is 158 g/mol. The van der Waals surface area contributed by atoms with Crippen molar-refractivity contribution in [2.45, 2.75) is 53.1 Å². The van der Waals surface area contributed by atoms with E-state index in [1.54, 1.807) is 0 Å². The SMILES string of the molecule is CCC(C)C(CC)CC(C)O. The van der Waals surface area contributed by atoms with E-state index in [1.807, 2.05) is 6.92 Å². The van der Waals surface area contributed by atoms with Crippen molar-refractivity contribution in [3.63, 3.8) is 0 Å². The van der Waals surface area contributed by atoms with Gasteiger partial charge in [0.15, 0.2) is 0 Å². The third-order valence-corrected chi connectivity index (χ3v) is 2.62. The molecule has 0 spiro atoms. The molecule has 3 unspecified atom stereocenters. The van der Waals surface area contributed by atoms with Crippen molar-refractivity contribution >= 4 is 0 Å². The van der Waals surface area contributed by atoms with Gasteiger partial charge >= 0.3 is 0 Å². The van der Waals surface area contributed by atoms with E-state index in [2.05, 4.69) is 20.8 Å². The van der Waals surface area contributed by atoms with Crippen molar-refractivity contribution in [3.8, 4) is 0 Å². The summed E-state index contributed by atoms with van der Waals surface area (Å²) in [6, 6.07) is 0. The van der Waals surface area contributed by atoms with E-state index < -0.39 is 0 Å². The molecule has 0 aliphatic carbocycles. The van der Waals surface area contributed by atoms with Crippen molar-refractivity contribution in [2.24, 2.45) is 11.8 Å². The zero-order valence-electron chi connectivity index (χ0n) is 8.30. The van der Waals surface area contributed by atoms with E-state index in [1.165, 1.54) is 12.8 Å². The molecule has 1 heteroatoms. The summed E-state index contributed by atoms with van der Waals surface area (Å²) in [5, 5.41) is 9.20. The van der Waals surface area contributed by atoms with Crippen LogP contribution in [0.1, 0.15) is 47.0 Å². The second-order valence-electron chi connectivity index (χ2n) is 3.64. The maximum absolute atomic E-state index is 9.20. The quantitative estimate of drug-likeness (QED) is 0.652. The minimum atomic E-state index is -0.131. The van der Waals surface area contributed by atoms with E-state index >= 15 is 0 Å². The highest BCUT2D eigenvalue weighted by atomic mass is 16.3. The number of hydrogen-bond donors (Lipinski definition) is 1. The van der Waals surface area contributed by atoms with Gasteiger partial charge in [0.05, 0.1) is 6.10 Å². The Morgan fingerprint density at radius 3 is 1.91 bits per heavy atom. The fourth-order valence-electron chi connectivity index (χ4n) is 1.57. The Hall–Kier alpha value is -0.0400. The molecule has 0 aromatic carbocycles. The first-order valence-corrected chi connectivity index (χ1v) is 4.79. The van der Waals surface area contributed by atoms with Crippen molar-refractivity contribution in [1.82, 2.24) is 0 Å². The van der Waals surface area contributed by atoms with Gasteiger partial charge in [0.25, 0.3) is 0 Å². The summed E-state index contributed by atoms with van der Waals surface area (Å²) in [6.07, 6.45) is 3.25. The van der Waals surface area contributed by atoms with Crippen LogP contribution in [0.25, 0.3) is 0 Å². The Morgan fingerprint density at radius 2 is 1.64 bits per heavy atom. The molecular weight excluding hydrogens is 136 g/mol. The van der Waals surface area contributed by atoms with Crippen LogP contribution >= 0.6 is 0 Å². The van der Waals surface area contributed by atoms with Crippen LogP contribution in [0.2, 0.25) is 0 Å². The van der Waals surface area contributed by atoms with E-state index in [4.69, 9.17) is 0 Å². The van der Waals surface area contributed by atoms with E-state index in [9.17, 15) is 5.11 Å². The second-order valence-corrected chi connectivity index (χ2v) is 3.64. The summed E-state index contributed by atoms with van der Waals surface area (Å²) in [7, 11) is 0. The molecule has 0 heterocycles. The first-order valence-electron chi connectivity index (χ1n) is 4.79. The minimum Gasteiger partial charge on any atom is -0.393 e. The van der Waals surface area contributed by atoms with Crippen molar-refractivity contribution < 1.29 is 5.11 Å². The molecule has 1 N–H and O–H groups in total. The molecule has 0 saturated heterocycles. The number of aliphatic hydroxyl groups is 1. The molecule has 0 radical (unpaired) electrons. The molecule has 1 nitrogen and oxygen atoms in total. The second kappa shape index (κ2) is 5.59. The van der Waals surface area contributed by atoms with Gasteiger partial charge in [-0.05, 0) is 25.2 Å². The summed E-state index contributed by atoms with van der Waals surface area (Å²) in [6.45, 7) is 8.58. The number of rotatable bonds is 5. The van der Waals surface area contributed by atoms with Crippen molar-refractivity contribution in [1.29, 1.82) is 0 Å². The molecule has 0 aliphatic rings. The maximum atomic E-state index is 9.20. The lowest BCUT2D eigenvalue weighted by Crippen LogP contribution is -2.16. The van der Waals surface area contributed by atoms with Gasteiger partial charge in [-0.1, -0.05) is 33.6 Å². The number of hydrogen-bond acceptors (Lipinski definition) is 1. The molecular formula is C10H22O. The van der Waals surface area contributed by atoms with Gasteiger partial charge in [-0.3, -0.25) is 0 Å². The highest BCUT2D eigenvalue weighted by Crippen LogP contribution is 2.23. The normalized spacial score (nSPS) is 19.4. The Balaban J connectivity index is 3.74. The Morgan fingerprint density at radius 1 is 1.09 bits per heavy atom. The molecule has 0 saturated carbocycles. The van der Waals surface area contributed by atoms with Gasteiger partial charge < -0.3 is 5.11 Å². The predicted molar refractivity (Wildman–Crippen MR) is 49.5 cm³/mol. The van der Waals surface area contributed by atoms with Gasteiger partial charge in [0, 0.05) is 0 Å². The molecule has 0 aromatic heterocycles.